The third-order valence-electron chi connectivity index (χ3n) is 6.05. The van der Waals surface area contributed by atoms with Crippen LogP contribution in [0.15, 0.2) is 53.5 Å². The lowest BCUT2D eigenvalue weighted by atomic mass is 9.96. The first-order valence-electron chi connectivity index (χ1n) is 11.4. The Morgan fingerprint density at radius 3 is 2.29 bits per heavy atom. The molecule has 4 rings (SSSR count). The van der Waals surface area contributed by atoms with E-state index in [1.165, 1.54) is 17.5 Å². The monoisotopic (exact) mass is 422 g/mol. The number of ether oxygens (including phenoxy) is 2. The first kappa shape index (κ1) is 21.7. The molecule has 6 nitrogen and oxygen atoms in total. The predicted octanol–water partition coefficient (Wildman–Crippen LogP) is 3.32. The summed E-state index contributed by atoms with van der Waals surface area (Å²) in [5.41, 5.74) is 3.81. The maximum atomic E-state index is 6.15. The van der Waals surface area contributed by atoms with Gasteiger partial charge in [-0.25, -0.2) is 0 Å². The number of aliphatic imine (C=N–C) groups is 1. The standard InChI is InChI=1S/C25H34N4O2/c1-26-25(28-18-21-8-4-5-12-24(21)31-23-10-6-11-23)27-17-20-7-2-3-9-22(20)19-29-13-15-30-16-14-29/h2-5,7-9,12,23H,6,10-11,13-19H2,1H3,(H2,26,27,28). The molecule has 1 aliphatic carbocycles. The summed E-state index contributed by atoms with van der Waals surface area (Å²) in [6.07, 6.45) is 3.97. The Hall–Kier alpha value is -2.57. The van der Waals surface area contributed by atoms with Gasteiger partial charge < -0.3 is 20.1 Å². The van der Waals surface area contributed by atoms with E-state index in [4.69, 9.17) is 9.47 Å². The van der Waals surface area contributed by atoms with Crippen molar-refractivity contribution in [2.45, 2.75) is 45.0 Å². The fraction of sp³-hybridized carbons (Fsp3) is 0.480. The van der Waals surface area contributed by atoms with Gasteiger partial charge in [0.25, 0.3) is 0 Å². The molecule has 2 aromatic carbocycles. The van der Waals surface area contributed by atoms with Gasteiger partial charge in [-0.3, -0.25) is 9.89 Å². The summed E-state index contributed by atoms with van der Waals surface area (Å²) in [5, 5.41) is 6.91. The smallest absolute Gasteiger partial charge is 0.191 e. The van der Waals surface area contributed by atoms with Crippen LogP contribution in [0.4, 0.5) is 0 Å². The fourth-order valence-corrected chi connectivity index (χ4v) is 3.90. The summed E-state index contributed by atoms with van der Waals surface area (Å²) < 4.78 is 11.6. The van der Waals surface area contributed by atoms with Crippen LogP contribution < -0.4 is 15.4 Å². The molecule has 6 heteroatoms. The molecule has 1 aliphatic heterocycles. The second-order valence-corrected chi connectivity index (χ2v) is 8.22. The molecular weight excluding hydrogens is 388 g/mol. The van der Waals surface area contributed by atoms with E-state index in [2.05, 4.69) is 63.0 Å². The molecule has 1 saturated heterocycles. The molecule has 0 aromatic heterocycles. The molecule has 31 heavy (non-hydrogen) atoms. The van der Waals surface area contributed by atoms with E-state index >= 15 is 0 Å². The quantitative estimate of drug-likeness (QED) is 0.505. The number of hydrogen-bond acceptors (Lipinski definition) is 4. The van der Waals surface area contributed by atoms with Crippen molar-refractivity contribution < 1.29 is 9.47 Å². The highest BCUT2D eigenvalue weighted by molar-refractivity contribution is 5.79. The second-order valence-electron chi connectivity index (χ2n) is 8.22. The van der Waals surface area contributed by atoms with E-state index in [1.54, 1.807) is 0 Å². The van der Waals surface area contributed by atoms with Crippen molar-refractivity contribution in [2.75, 3.05) is 33.4 Å². The number of nitrogens with zero attached hydrogens (tertiary/aromatic N) is 2. The molecule has 0 atom stereocenters. The third kappa shape index (κ3) is 6.21. The zero-order valence-electron chi connectivity index (χ0n) is 18.5. The summed E-state index contributed by atoms with van der Waals surface area (Å²) in [5.74, 6) is 1.77. The van der Waals surface area contributed by atoms with Gasteiger partial charge >= 0.3 is 0 Å². The van der Waals surface area contributed by atoms with Crippen molar-refractivity contribution in [2.24, 2.45) is 4.99 Å². The molecule has 1 saturated carbocycles. The van der Waals surface area contributed by atoms with Gasteiger partial charge in [-0.05, 0) is 36.5 Å². The van der Waals surface area contributed by atoms with Crippen molar-refractivity contribution in [3.63, 3.8) is 0 Å². The lowest BCUT2D eigenvalue weighted by molar-refractivity contribution is 0.0341. The highest BCUT2D eigenvalue weighted by Crippen LogP contribution is 2.27. The van der Waals surface area contributed by atoms with Crippen molar-refractivity contribution >= 4 is 5.96 Å². The Bertz CT molecular complexity index is 860. The van der Waals surface area contributed by atoms with Crippen LogP contribution in [-0.2, 0) is 24.4 Å². The predicted molar refractivity (Wildman–Crippen MR) is 124 cm³/mol. The number of morpholine rings is 1. The molecular formula is C25H34N4O2. The van der Waals surface area contributed by atoms with Crippen molar-refractivity contribution in [1.82, 2.24) is 15.5 Å². The lowest BCUT2D eigenvalue weighted by Crippen LogP contribution is -2.37. The Kier molecular flexibility index (Phi) is 7.80. The summed E-state index contributed by atoms with van der Waals surface area (Å²) in [4.78, 5) is 6.86. The summed E-state index contributed by atoms with van der Waals surface area (Å²) >= 11 is 0. The second kappa shape index (κ2) is 11.2. The van der Waals surface area contributed by atoms with Gasteiger partial charge in [0.15, 0.2) is 5.96 Å². The van der Waals surface area contributed by atoms with Crippen molar-refractivity contribution in [3.8, 4) is 5.75 Å². The summed E-state index contributed by atoms with van der Waals surface area (Å²) in [6.45, 7) is 6.00. The number of hydrogen-bond donors (Lipinski definition) is 2. The van der Waals surface area contributed by atoms with Crippen molar-refractivity contribution in [3.05, 3.63) is 65.2 Å². The van der Waals surface area contributed by atoms with Crippen LogP contribution in [0.3, 0.4) is 0 Å². The van der Waals surface area contributed by atoms with Gasteiger partial charge in [-0.2, -0.15) is 0 Å². The van der Waals surface area contributed by atoms with Gasteiger partial charge in [-0.1, -0.05) is 42.5 Å². The van der Waals surface area contributed by atoms with Gasteiger partial charge in [0, 0.05) is 45.3 Å². The maximum Gasteiger partial charge on any atom is 0.191 e. The van der Waals surface area contributed by atoms with E-state index in [-0.39, 0.29) is 0 Å². The average Bonchev–Trinajstić information content (AvgIpc) is 2.79. The van der Waals surface area contributed by atoms with E-state index in [0.717, 1.165) is 69.5 Å². The van der Waals surface area contributed by atoms with Crippen LogP contribution in [0.5, 0.6) is 5.75 Å². The van der Waals surface area contributed by atoms with Crippen LogP contribution >= 0.6 is 0 Å². The van der Waals surface area contributed by atoms with E-state index < -0.39 is 0 Å². The Morgan fingerprint density at radius 1 is 0.968 bits per heavy atom. The minimum atomic E-state index is 0.376. The summed E-state index contributed by atoms with van der Waals surface area (Å²) in [6, 6.07) is 16.9. The average molecular weight is 423 g/mol. The van der Waals surface area contributed by atoms with Crippen LogP contribution in [-0.4, -0.2) is 50.3 Å². The zero-order chi connectivity index (χ0) is 21.3. The summed E-state index contributed by atoms with van der Waals surface area (Å²) in [7, 11) is 1.81. The highest BCUT2D eigenvalue weighted by Gasteiger charge is 2.20. The van der Waals surface area contributed by atoms with Crippen LogP contribution in [0, 0.1) is 0 Å². The van der Waals surface area contributed by atoms with Crippen molar-refractivity contribution in [1.29, 1.82) is 0 Å². The molecule has 0 unspecified atom stereocenters. The molecule has 2 aromatic rings. The minimum Gasteiger partial charge on any atom is -0.490 e. The van der Waals surface area contributed by atoms with Gasteiger partial charge in [-0.15, -0.1) is 0 Å². The molecule has 0 bridgehead atoms. The number of nitrogens with one attached hydrogen (secondary N) is 2. The first-order valence-corrected chi connectivity index (χ1v) is 11.4. The number of guanidine groups is 1. The minimum absolute atomic E-state index is 0.376. The van der Waals surface area contributed by atoms with Crippen LogP contribution in [0.25, 0.3) is 0 Å². The first-order chi connectivity index (χ1) is 15.3. The molecule has 2 N–H and O–H groups in total. The van der Waals surface area contributed by atoms with Gasteiger partial charge in [0.05, 0.1) is 19.3 Å². The molecule has 0 spiro atoms. The number of para-hydroxylation sites is 1. The van der Waals surface area contributed by atoms with E-state index in [9.17, 15) is 0 Å². The molecule has 166 valence electrons. The highest BCUT2D eigenvalue weighted by atomic mass is 16.5. The van der Waals surface area contributed by atoms with Crippen LogP contribution in [0.1, 0.15) is 36.0 Å². The Labute approximate surface area is 185 Å². The third-order valence-corrected chi connectivity index (χ3v) is 6.05. The largest absolute Gasteiger partial charge is 0.490 e. The lowest BCUT2D eigenvalue weighted by Gasteiger charge is -2.28. The molecule has 0 radical (unpaired) electrons. The topological polar surface area (TPSA) is 58.1 Å². The maximum absolute atomic E-state index is 6.15. The number of rotatable bonds is 8. The molecule has 0 amide bonds. The van der Waals surface area contributed by atoms with Gasteiger partial charge in [0.2, 0.25) is 0 Å². The molecule has 1 heterocycles. The SMILES string of the molecule is CN=C(NCc1ccccc1CN1CCOCC1)NCc1ccccc1OC1CCC1. The Balaban J connectivity index is 1.31. The Morgan fingerprint density at radius 2 is 1.61 bits per heavy atom. The fourth-order valence-electron chi connectivity index (χ4n) is 3.90. The normalized spacial score (nSPS) is 17.8. The van der Waals surface area contributed by atoms with Crippen LogP contribution in [0.2, 0.25) is 0 Å². The van der Waals surface area contributed by atoms with E-state index in [0.29, 0.717) is 12.6 Å². The van der Waals surface area contributed by atoms with E-state index in [1.807, 2.05) is 13.1 Å². The van der Waals surface area contributed by atoms with Gasteiger partial charge in [0.1, 0.15) is 5.75 Å². The number of benzene rings is 2. The molecule has 2 aliphatic rings. The molecule has 2 fully saturated rings. The zero-order valence-corrected chi connectivity index (χ0v) is 18.5.